The molecule has 1 amide bonds. The van der Waals surface area contributed by atoms with Crippen LogP contribution in [0.2, 0.25) is 0 Å². The Hall–Kier alpha value is -3.20. The topological polar surface area (TPSA) is 107 Å². The standard InChI is InChI=1S/C17H15N3O5S/c1-2-5-18-17-20-12(9-26-17)16(23)25-7-13(21)10-3-4-14-11(6-10)19-15(22)8-24-14/h2-4,6,9H,1,5,7-8H2,(H,18,20)(H,19,22). The molecule has 0 fully saturated rings. The lowest BCUT2D eigenvalue weighted by atomic mass is 10.1. The Balaban J connectivity index is 1.59. The fraction of sp³-hybridized carbons (Fsp3) is 0.176. The smallest absolute Gasteiger partial charge is 0.358 e. The van der Waals surface area contributed by atoms with E-state index in [1.54, 1.807) is 23.6 Å². The summed E-state index contributed by atoms with van der Waals surface area (Å²) in [5.74, 6) is -0.893. The summed E-state index contributed by atoms with van der Waals surface area (Å²) in [4.78, 5) is 39.6. The second-order valence-corrected chi connectivity index (χ2v) is 6.11. The number of amides is 1. The number of hydrogen-bond donors (Lipinski definition) is 2. The predicted molar refractivity (Wildman–Crippen MR) is 96.0 cm³/mol. The first kappa shape index (κ1) is 17.6. The van der Waals surface area contributed by atoms with Crippen LogP contribution in [-0.4, -0.2) is 42.4 Å². The minimum Gasteiger partial charge on any atom is -0.482 e. The zero-order valence-electron chi connectivity index (χ0n) is 13.6. The van der Waals surface area contributed by atoms with Gasteiger partial charge < -0.3 is 20.1 Å². The lowest BCUT2D eigenvalue weighted by molar-refractivity contribution is -0.118. The number of ether oxygens (including phenoxy) is 2. The van der Waals surface area contributed by atoms with Gasteiger partial charge in [-0.1, -0.05) is 6.08 Å². The summed E-state index contributed by atoms with van der Waals surface area (Å²) in [6.45, 7) is 3.62. The molecule has 1 aromatic heterocycles. The number of thiazole rings is 1. The molecule has 2 N–H and O–H groups in total. The van der Waals surface area contributed by atoms with Gasteiger partial charge in [-0.15, -0.1) is 17.9 Å². The summed E-state index contributed by atoms with van der Waals surface area (Å²) in [6.07, 6.45) is 1.67. The van der Waals surface area contributed by atoms with Gasteiger partial charge in [-0.2, -0.15) is 0 Å². The third-order valence-corrected chi connectivity index (χ3v) is 4.18. The number of esters is 1. The van der Waals surface area contributed by atoms with Crippen LogP contribution >= 0.6 is 11.3 Å². The van der Waals surface area contributed by atoms with Crippen LogP contribution in [0.4, 0.5) is 10.8 Å². The molecule has 0 radical (unpaired) electrons. The van der Waals surface area contributed by atoms with Crippen molar-refractivity contribution in [2.24, 2.45) is 0 Å². The number of anilines is 2. The molecule has 0 bridgehead atoms. The number of benzene rings is 1. The molecule has 2 aromatic rings. The van der Waals surface area contributed by atoms with Crippen molar-refractivity contribution in [2.45, 2.75) is 0 Å². The molecule has 1 aromatic carbocycles. The lowest BCUT2D eigenvalue weighted by Gasteiger charge is -2.18. The SMILES string of the molecule is C=CCNc1nc(C(=O)OCC(=O)c2ccc3c(c2)NC(=O)CO3)cs1. The largest absolute Gasteiger partial charge is 0.482 e. The Morgan fingerprint density at radius 2 is 2.31 bits per heavy atom. The summed E-state index contributed by atoms with van der Waals surface area (Å²) in [7, 11) is 0. The van der Waals surface area contributed by atoms with Gasteiger partial charge in [0.05, 0.1) is 5.69 Å². The number of fused-ring (bicyclic) bond motifs is 1. The number of aromatic nitrogens is 1. The van der Waals surface area contributed by atoms with Gasteiger partial charge in [-0.05, 0) is 18.2 Å². The first-order valence-electron chi connectivity index (χ1n) is 7.64. The van der Waals surface area contributed by atoms with Crippen molar-refractivity contribution in [1.29, 1.82) is 0 Å². The maximum absolute atomic E-state index is 12.2. The van der Waals surface area contributed by atoms with Crippen molar-refractivity contribution in [3.63, 3.8) is 0 Å². The van der Waals surface area contributed by atoms with Crippen LogP contribution in [-0.2, 0) is 9.53 Å². The van der Waals surface area contributed by atoms with E-state index in [0.717, 1.165) is 0 Å². The van der Waals surface area contributed by atoms with E-state index >= 15 is 0 Å². The van der Waals surface area contributed by atoms with E-state index in [0.29, 0.717) is 28.7 Å². The van der Waals surface area contributed by atoms with Crippen LogP contribution in [0.15, 0.2) is 36.2 Å². The highest BCUT2D eigenvalue weighted by Gasteiger charge is 2.19. The maximum atomic E-state index is 12.2. The summed E-state index contributed by atoms with van der Waals surface area (Å²) < 4.78 is 10.2. The van der Waals surface area contributed by atoms with Crippen LogP contribution in [0.5, 0.6) is 5.75 Å². The lowest BCUT2D eigenvalue weighted by Crippen LogP contribution is -2.25. The molecular formula is C17H15N3O5S. The summed E-state index contributed by atoms with van der Waals surface area (Å²) in [6, 6.07) is 4.62. The molecule has 8 nitrogen and oxygen atoms in total. The molecule has 3 rings (SSSR count). The quantitative estimate of drug-likeness (QED) is 0.435. The van der Waals surface area contributed by atoms with E-state index in [4.69, 9.17) is 9.47 Å². The summed E-state index contributed by atoms with van der Waals surface area (Å²) in [5.41, 5.74) is 0.838. The molecule has 0 spiro atoms. The average Bonchev–Trinajstić information content (AvgIpc) is 3.12. The maximum Gasteiger partial charge on any atom is 0.358 e. The van der Waals surface area contributed by atoms with Gasteiger partial charge in [0.15, 0.2) is 29.8 Å². The van der Waals surface area contributed by atoms with Gasteiger partial charge >= 0.3 is 5.97 Å². The molecule has 2 heterocycles. The number of carbonyl (C=O) groups is 3. The van der Waals surface area contributed by atoms with Gasteiger partial charge in [0.1, 0.15) is 5.75 Å². The average molecular weight is 373 g/mol. The van der Waals surface area contributed by atoms with E-state index < -0.39 is 18.4 Å². The van der Waals surface area contributed by atoms with Crippen LogP contribution in [0.1, 0.15) is 20.8 Å². The minimum atomic E-state index is -0.684. The van der Waals surface area contributed by atoms with Gasteiger partial charge in [0.25, 0.3) is 5.91 Å². The third kappa shape index (κ3) is 4.06. The van der Waals surface area contributed by atoms with Crippen molar-refractivity contribution in [3.8, 4) is 5.75 Å². The molecule has 26 heavy (non-hydrogen) atoms. The first-order chi connectivity index (χ1) is 12.6. The number of ketones is 1. The Bertz CT molecular complexity index is 877. The van der Waals surface area contributed by atoms with Gasteiger partial charge in [0.2, 0.25) is 0 Å². The Labute approximate surface area is 152 Å². The van der Waals surface area contributed by atoms with Crippen LogP contribution in [0.25, 0.3) is 0 Å². The monoisotopic (exact) mass is 373 g/mol. The minimum absolute atomic E-state index is 0.0603. The van der Waals surface area contributed by atoms with Crippen molar-refractivity contribution in [2.75, 3.05) is 30.4 Å². The Morgan fingerprint density at radius 1 is 1.46 bits per heavy atom. The number of hydrogen-bond acceptors (Lipinski definition) is 8. The molecule has 0 atom stereocenters. The Kier molecular flexibility index (Phi) is 5.28. The molecule has 9 heteroatoms. The molecule has 1 aliphatic rings. The second kappa shape index (κ2) is 7.79. The van der Waals surface area contributed by atoms with Crippen LogP contribution in [0, 0.1) is 0 Å². The highest BCUT2D eigenvalue weighted by Crippen LogP contribution is 2.28. The van der Waals surface area contributed by atoms with E-state index in [-0.39, 0.29) is 18.2 Å². The van der Waals surface area contributed by atoms with E-state index in [2.05, 4.69) is 22.2 Å². The number of Topliss-reactive ketones (excluding diaryl/α,β-unsaturated/α-hetero) is 1. The summed E-state index contributed by atoms with van der Waals surface area (Å²) in [5, 5.41) is 7.69. The molecule has 0 unspecified atom stereocenters. The zero-order valence-corrected chi connectivity index (χ0v) is 14.4. The fourth-order valence-corrected chi connectivity index (χ4v) is 2.84. The second-order valence-electron chi connectivity index (χ2n) is 5.25. The normalized spacial score (nSPS) is 12.4. The van der Waals surface area contributed by atoms with E-state index in [1.807, 2.05) is 0 Å². The van der Waals surface area contributed by atoms with E-state index in [9.17, 15) is 14.4 Å². The fourth-order valence-electron chi connectivity index (χ4n) is 2.15. The van der Waals surface area contributed by atoms with Crippen molar-refractivity contribution < 1.29 is 23.9 Å². The molecule has 0 saturated carbocycles. The number of carbonyl (C=O) groups excluding carboxylic acids is 3. The summed E-state index contributed by atoms with van der Waals surface area (Å²) >= 11 is 1.25. The van der Waals surface area contributed by atoms with Crippen molar-refractivity contribution in [3.05, 3.63) is 47.5 Å². The molecule has 0 saturated heterocycles. The molecule has 0 aliphatic carbocycles. The Morgan fingerprint density at radius 3 is 3.12 bits per heavy atom. The van der Waals surface area contributed by atoms with Gasteiger partial charge in [-0.3, -0.25) is 9.59 Å². The molecular weight excluding hydrogens is 358 g/mol. The van der Waals surface area contributed by atoms with Crippen LogP contribution in [0.3, 0.4) is 0 Å². The molecule has 1 aliphatic heterocycles. The van der Waals surface area contributed by atoms with Crippen molar-refractivity contribution >= 4 is 39.8 Å². The van der Waals surface area contributed by atoms with Crippen molar-refractivity contribution in [1.82, 2.24) is 4.98 Å². The molecule has 134 valence electrons. The van der Waals surface area contributed by atoms with Crippen LogP contribution < -0.4 is 15.4 Å². The third-order valence-electron chi connectivity index (χ3n) is 3.38. The highest BCUT2D eigenvalue weighted by atomic mass is 32.1. The highest BCUT2D eigenvalue weighted by molar-refractivity contribution is 7.13. The number of rotatable bonds is 7. The van der Waals surface area contributed by atoms with Gasteiger partial charge in [0, 0.05) is 17.5 Å². The number of nitrogens with zero attached hydrogens (tertiary/aromatic N) is 1. The first-order valence-corrected chi connectivity index (χ1v) is 8.52. The zero-order chi connectivity index (χ0) is 18.5. The van der Waals surface area contributed by atoms with Gasteiger partial charge in [-0.25, -0.2) is 9.78 Å². The predicted octanol–water partition coefficient (Wildman–Crippen LogP) is 2.11. The number of nitrogens with one attached hydrogen (secondary N) is 2. The van der Waals surface area contributed by atoms with E-state index in [1.165, 1.54) is 17.4 Å².